The van der Waals surface area contributed by atoms with Crippen molar-refractivity contribution in [1.82, 2.24) is 0 Å². The first-order valence-electron chi connectivity index (χ1n) is 14.4. The normalized spacial score (nSPS) is 10.7. The molecule has 0 aliphatic carbocycles. The minimum absolute atomic E-state index is 0.101. The van der Waals surface area contributed by atoms with Crippen LogP contribution >= 0.6 is 0 Å². The Morgan fingerprint density at radius 1 is 0.487 bits per heavy atom. The fourth-order valence-corrected chi connectivity index (χ4v) is 4.16. The number of hydrogen-bond donors (Lipinski definition) is 0. The van der Waals surface area contributed by atoms with Crippen LogP contribution in [0, 0.1) is 0 Å². The molecule has 0 N–H and O–H groups in total. The highest BCUT2D eigenvalue weighted by molar-refractivity contribution is 6.09. The smallest absolute Gasteiger partial charge is 0.343 e. The van der Waals surface area contributed by atoms with Crippen molar-refractivity contribution in [1.29, 1.82) is 0 Å². The summed E-state index contributed by atoms with van der Waals surface area (Å²) in [5.41, 5.74) is 1.54. The summed E-state index contributed by atoms with van der Waals surface area (Å²) in [6, 6.07) is 20.8. The van der Waals surface area contributed by atoms with Crippen molar-refractivity contribution in [3.05, 3.63) is 89.5 Å². The lowest BCUT2D eigenvalue weighted by atomic mass is 10.0. The van der Waals surface area contributed by atoms with Gasteiger partial charge in [0.25, 0.3) is 0 Å². The molecule has 3 aromatic carbocycles. The van der Waals surface area contributed by atoms with Gasteiger partial charge in [-0.15, -0.1) is 0 Å². The van der Waals surface area contributed by atoms with Gasteiger partial charge in [-0.3, -0.25) is 4.79 Å². The third-order valence-electron chi connectivity index (χ3n) is 6.57. The van der Waals surface area contributed by atoms with Crippen molar-refractivity contribution in [2.45, 2.75) is 78.1 Å². The molecule has 0 amide bonds. The van der Waals surface area contributed by atoms with Crippen molar-refractivity contribution >= 4 is 11.8 Å². The molecule has 0 heterocycles. The molecule has 3 aromatic rings. The van der Waals surface area contributed by atoms with Gasteiger partial charge in [0.1, 0.15) is 17.2 Å². The Morgan fingerprint density at radius 2 is 0.897 bits per heavy atom. The second-order valence-electron chi connectivity index (χ2n) is 9.82. The number of carbonyl (C=O) groups is 2. The molecule has 5 nitrogen and oxygen atoms in total. The van der Waals surface area contributed by atoms with Gasteiger partial charge in [0, 0.05) is 11.1 Å². The van der Waals surface area contributed by atoms with Crippen LogP contribution in [0.15, 0.2) is 72.8 Å². The van der Waals surface area contributed by atoms with Crippen LogP contribution in [0.5, 0.6) is 17.2 Å². The molecule has 5 heteroatoms. The standard InChI is InChI=1S/C34H42O5/c1-3-5-7-8-9-10-11-12-26-38-31-21-17-29(18-22-31)34(36)39-32-23-15-28(16-24-32)33(35)27-13-19-30(20-14-27)37-25-6-4-2/h13-24H,3-12,25-26H2,1-2H3. The summed E-state index contributed by atoms with van der Waals surface area (Å²) < 4.78 is 17.0. The molecule has 0 saturated heterocycles. The second-order valence-corrected chi connectivity index (χ2v) is 9.82. The zero-order chi connectivity index (χ0) is 27.7. The molecule has 0 bridgehead atoms. The average Bonchev–Trinajstić information content (AvgIpc) is 2.97. The van der Waals surface area contributed by atoms with E-state index in [9.17, 15) is 9.59 Å². The minimum atomic E-state index is -0.456. The fraction of sp³-hybridized carbons (Fsp3) is 0.412. The monoisotopic (exact) mass is 530 g/mol. The Balaban J connectivity index is 1.41. The van der Waals surface area contributed by atoms with Gasteiger partial charge in [-0.2, -0.15) is 0 Å². The van der Waals surface area contributed by atoms with Gasteiger partial charge in [-0.25, -0.2) is 4.79 Å². The summed E-state index contributed by atoms with van der Waals surface area (Å²) >= 11 is 0. The number of ether oxygens (including phenoxy) is 3. The van der Waals surface area contributed by atoms with Gasteiger partial charge in [0.05, 0.1) is 18.8 Å². The largest absolute Gasteiger partial charge is 0.494 e. The molecule has 0 atom stereocenters. The van der Waals surface area contributed by atoms with Crippen molar-refractivity contribution in [3.8, 4) is 17.2 Å². The topological polar surface area (TPSA) is 61.8 Å². The molecular formula is C34H42O5. The summed E-state index contributed by atoms with van der Waals surface area (Å²) in [6.07, 6.45) is 12.1. The van der Waals surface area contributed by atoms with Crippen molar-refractivity contribution in [2.24, 2.45) is 0 Å². The molecule has 0 aliphatic rings. The fourth-order valence-electron chi connectivity index (χ4n) is 4.16. The lowest BCUT2D eigenvalue weighted by molar-refractivity contribution is 0.0734. The molecule has 0 fully saturated rings. The molecule has 0 radical (unpaired) electrons. The van der Waals surface area contributed by atoms with E-state index in [-0.39, 0.29) is 5.78 Å². The van der Waals surface area contributed by atoms with Crippen LogP contribution in [-0.2, 0) is 0 Å². The molecule has 39 heavy (non-hydrogen) atoms. The third kappa shape index (κ3) is 10.6. The lowest BCUT2D eigenvalue weighted by Crippen LogP contribution is -2.09. The number of ketones is 1. The van der Waals surface area contributed by atoms with Gasteiger partial charge < -0.3 is 14.2 Å². The van der Waals surface area contributed by atoms with Crippen LogP contribution in [0.2, 0.25) is 0 Å². The first-order valence-corrected chi connectivity index (χ1v) is 14.4. The van der Waals surface area contributed by atoms with Crippen LogP contribution in [0.3, 0.4) is 0 Å². The van der Waals surface area contributed by atoms with E-state index >= 15 is 0 Å². The Morgan fingerprint density at radius 3 is 1.41 bits per heavy atom. The maximum Gasteiger partial charge on any atom is 0.343 e. The molecule has 0 spiro atoms. The number of unbranched alkanes of at least 4 members (excludes halogenated alkanes) is 8. The number of hydrogen-bond acceptors (Lipinski definition) is 5. The maximum absolute atomic E-state index is 12.8. The maximum atomic E-state index is 12.8. The van der Waals surface area contributed by atoms with Gasteiger partial charge in [0.2, 0.25) is 0 Å². The zero-order valence-electron chi connectivity index (χ0n) is 23.5. The Bertz CT molecular complexity index is 1120. The molecule has 0 aromatic heterocycles. The van der Waals surface area contributed by atoms with Crippen molar-refractivity contribution < 1.29 is 23.8 Å². The second kappa shape index (κ2) is 17.1. The summed E-state index contributed by atoms with van der Waals surface area (Å²) in [6.45, 7) is 5.70. The Labute approximate surface area is 233 Å². The highest BCUT2D eigenvalue weighted by Crippen LogP contribution is 2.20. The van der Waals surface area contributed by atoms with Crippen molar-refractivity contribution in [2.75, 3.05) is 13.2 Å². The molecule has 208 valence electrons. The SMILES string of the molecule is CCCCCCCCCCOc1ccc(C(=O)Oc2ccc(C(=O)c3ccc(OCCCC)cc3)cc2)cc1. The Hall–Kier alpha value is -3.60. The van der Waals surface area contributed by atoms with E-state index in [2.05, 4.69) is 13.8 Å². The van der Waals surface area contributed by atoms with E-state index in [1.165, 1.54) is 44.9 Å². The summed E-state index contributed by atoms with van der Waals surface area (Å²) in [4.78, 5) is 25.4. The van der Waals surface area contributed by atoms with Crippen LogP contribution in [0.25, 0.3) is 0 Å². The quantitative estimate of drug-likeness (QED) is 0.0711. The first-order chi connectivity index (χ1) is 19.1. The van der Waals surface area contributed by atoms with E-state index in [1.807, 2.05) is 12.1 Å². The van der Waals surface area contributed by atoms with Gasteiger partial charge in [0.15, 0.2) is 5.78 Å². The van der Waals surface area contributed by atoms with Crippen LogP contribution in [0.4, 0.5) is 0 Å². The molecule has 3 rings (SSSR count). The Kier molecular flexibility index (Phi) is 13.1. The molecule has 0 aliphatic heterocycles. The lowest BCUT2D eigenvalue weighted by Gasteiger charge is -2.09. The summed E-state index contributed by atoms with van der Waals surface area (Å²) in [7, 11) is 0. The third-order valence-corrected chi connectivity index (χ3v) is 6.57. The number of rotatable bonds is 18. The minimum Gasteiger partial charge on any atom is -0.494 e. The van der Waals surface area contributed by atoms with E-state index in [1.54, 1.807) is 60.7 Å². The van der Waals surface area contributed by atoms with Crippen LogP contribution in [0.1, 0.15) is 104 Å². The summed E-state index contributed by atoms with van der Waals surface area (Å²) in [5.74, 6) is 1.33. The first kappa shape index (κ1) is 29.9. The van der Waals surface area contributed by atoms with Crippen LogP contribution in [-0.4, -0.2) is 25.0 Å². The van der Waals surface area contributed by atoms with Gasteiger partial charge >= 0.3 is 5.97 Å². The van der Waals surface area contributed by atoms with E-state index < -0.39 is 5.97 Å². The predicted molar refractivity (Wildman–Crippen MR) is 156 cm³/mol. The van der Waals surface area contributed by atoms with E-state index in [0.717, 1.165) is 30.8 Å². The van der Waals surface area contributed by atoms with E-state index in [0.29, 0.717) is 35.7 Å². The molecule has 0 unspecified atom stereocenters. The highest BCUT2D eigenvalue weighted by Gasteiger charge is 2.12. The molecule has 0 saturated carbocycles. The highest BCUT2D eigenvalue weighted by atomic mass is 16.5. The number of esters is 1. The van der Waals surface area contributed by atoms with E-state index in [4.69, 9.17) is 14.2 Å². The van der Waals surface area contributed by atoms with Gasteiger partial charge in [-0.1, -0.05) is 65.2 Å². The number of benzene rings is 3. The van der Waals surface area contributed by atoms with Crippen molar-refractivity contribution in [3.63, 3.8) is 0 Å². The zero-order valence-corrected chi connectivity index (χ0v) is 23.5. The summed E-state index contributed by atoms with van der Waals surface area (Å²) in [5, 5.41) is 0. The molecular weight excluding hydrogens is 488 g/mol. The predicted octanol–water partition coefficient (Wildman–Crippen LogP) is 8.84. The average molecular weight is 531 g/mol. The van der Waals surface area contributed by atoms with Crippen LogP contribution < -0.4 is 14.2 Å². The number of carbonyl (C=O) groups excluding carboxylic acids is 2. The van der Waals surface area contributed by atoms with Gasteiger partial charge in [-0.05, 0) is 85.6 Å².